The molecule has 2 aliphatic rings. The fourth-order valence-electron chi connectivity index (χ4n) is 3.14. The van der Waals surface area contributed by atoms with Gasteiger partial charge in [-0.2, -0.15) is 0 Å². The van der Waals surface area contributed by atoms with Crippen LogP contribution in [0, 0.1) is 5.92 Å². The highest BCUT2D eigenvalue weighted by Crippen LogP contribution is 2.32. The predicted molar refractivity (Wildman–Crippen MR) is 85.2 cm³/mol. The molecular weight excluding hydrogens is 264 g/mol. The third-order valence-corrected chi connectivity index (χ3v) is 4.75. The minimum Gasteiger partial charge on any atom is -0.465 e. The van der Waals surface area contributed by atoms with Crippen LogP contribution in [0.15, 0.2) is 0 Å². The summed E-state index contributed by atoms with van der Waals surface area (Å²) in [4.78, 5) is 14.9. The van der Waals surface area contributed by atoms with E-state index in [4.69, 9.17) is 4.74 Å². The SMILES string of the molecule is CCOC(=O)C(C)(CC(C)N(CC)CC1CC1)NC1CC1. The van der Waals surface area contributed by atoms with Gasteiger partial charge in [-0.05, 0) is 65.3 Å². The van der Waals surface area contributed by atoms with Crippen molar-refractivity contribution in [1.29, 1.82) is 0 Å². The van der Waals surface area contributed by atoms with Crippen LogP contribution in [0.3, 0.4) is 0 Å². The number of nitrogens with zero attached hydrogens (tertiary/aromatic N) is 1. The maximum atomic E-state index is 12.4. The molecule has 2 aliphatic carbocycles. The zero-order chi connectivity index (χ0) is 15.5. The molecule has 0 bridgehead atoms. The molecule has 4 heteroatoms. The fourth-order valence-corrected chi connectivity index (χ4v) is 3.14. The van der Waals surface area contributed by atoms with Crippen LogP contribution >= 0.6 is 0 Å². The monoisotopic (exact) mass is 296 g/mol. The summed E-state index contributed by atoms with van der Waals surface area (Å²) in [6, 6.07) is 0.904. The third-order valence-electron chi connectivity index (χ3n) is 4.75. The molecular formula is C17H32N2O2. The topological polar surface area (TPSA) is 41.6 Å². The lowest BCUT2D eigenvalue weighted by molar-refractivity contribution is -0.151. The lowest BCUT2D eigenvalue weighted by atomic mass is 9.92. The van der Waals surface area contributed by atoms with Gasteiger partial charge in [0.25, 0.3) is 0 Å². The van der Waals surface area contributed by atoms with E-state index in [1.54, 1.807) is 0 Å². The van der Waals surface area contributed by atoms with Crippen LogP contribution in [0.1, 0.15) is 59.8 Å². The van der Waals surface area contributed by atoms with Gasteiger partial charge in [0.05, 0.1) is 6.61 Å². The lowest BCUT2D eigenvalue weighted by Crippen LogP contribution is -2.55. The van der Waals surface area contributed by atoms with E-state index in [1.165, 1.54) is 32.2 Å². The Hall–Kier alpha value is -0.610. The van der Waals surface area contributed by atoms with Gasteiger partial charge < -0.3 is 9.64 Å². The standard InChI is InChI=1S/C17H32N2O2/c1-5-19(12-14-7-8-14)13(3)11-17(4,16(20)21-6-2)18-15-9-10-15/h13-15,18H,5-12H2,1-4H3. The van der Waals surface area contributed by atoms with Crippen LogP contribution in [0.25, 0.3) is 0 Å². The molecule has 0 aliphatic heterocycles. The number of carbonyl (C=O) groups is 1. The Labute approximate surface area is 129 Å². The molecule has 0 spiro atoms. The summed E-state index contributed by atoms with van der Waals surface area (Å²) in [7, 11) is 0. The number of hydrogen-bond donors (Lipinski definition) is 1. The quantitative estimate of drug-likeness (QED) is 0.629. The molecule has 21 heavy (non-hydrogen) atoms. The summed E-state index contributed by atoms with van der Waals surface area (Å²) in [5, 5.41) is 3.53. The average Bonchev–Trinajstić information content (AvgIpc) is 3.31. The Balaban J connectivity index is 1.95. The number of esters is 1. The second kappa shape index (κ2) is 7.10. The van der Waals surface area contributed by atoms with Gasteiger partial charge in [0, 0.05) is 18.6 Å². The number of ether oxygens (including phenoxy) is 1. The van der Waals surface area contributed by atoms with Crippen LogP contribution in [0.5, 0.6) is 0 Å². The Morgan fingerprint density at radius 2 is 2.00 bits per heavy atom. The van der Waals surface area contributed by atoms with Crippen molar-refractivity contribution >= 4 is 5.97 Å². The number of hydrogen-bond acceptors (Lipinski definition) is 4. The van der Waals surface area contributed by atoms with Gasteiger partial charge in [-0.25, -0.2) is 0 Å². The Bertz CT molecular complexity index is 353. The summed E-state index contributed by atoms with van der Waals surface area (Å²) >= 11 is 0. The Morgan fingerprint density at radius 1 is 1.33 bits per heavy atom. The highest BCUT2D eigenvalue weighted by Gasteiger charge is 2.41. The maximum Gasteiger partial charge on any atom is 0.326 e. The van der Waals surface area contributed by atoms with E-state index in [-0.39, 0.29) is 5.97 Å². The summed E-state index contributed by atoms with van der Waals surface area (Å²) in [6.07, 6.45) is 5.94. The van der Waals surface area contributed by atoms with E-state index in [2.05, 4.69) is 24.1 Å². The Kier molecular flexibility index (Phi) is 5.67. The van der Waals surface area contributed by atoms with Crippen LogP contribution in [-0.4, -0.2) is 48.2 Å². The second-order valence-corrected chi connectivity index (χ2v) is 7.06. The molecule has 0 aromatic carbocycles. The molecule has 2 atom stereocenters. The smallest absolute Gasteiger partial charge is 0.326 e. The first-order valence-electron chi connectivity index (χ1n) is 8.67. The molecule has 0 saturated heterocycles. The molecule has 122 valence electrons. The summed E-state index contributed by atoms with van der Waals surface area (Å²) in [5.41, 5.74) is -0.548. The van der Waals surface area contributed by atoms with Crippen molar-refractivity contribution in [2.75, 3.05) is 19.7 Å². The lowest BCUT2D eigenvalue weighted by Gasteiger charge is -2.36. The van der Waals surface area contributed by atoms with Crippen molar-refractivity contribution in [3.63, 3.8) is 0 Å². The molecule has 0 radical (unpaired) electrons. The van der Waals surface area contributed by atoms with Gasteiger partial charge in [-0.15, -0.1) is 0 Å². The largest absolute Gasteiger partial charge is 0.465 e. The van der Waals surface area contributed by atoms with Crippen molar-refractivity contribution < 1.29 is 9.53 Å². The van der Waals surface area contributed by atoms with Crippen molar-refractivity contribution in [1.82, 2.24) is 10.2 Å². The summed E-state index contributed by atoms with van der Waals surface area (Å²) in [5.74, 6) is 0.795. The van der Waals surface area contributed by atoms with Crippen LogP contribution < -0.4 is 5.32 Å². The number of nitrogens with one attached hydrogen (secondary N) is 1. The second-order valence-electron chi connectivity index (χ2n) is 7.06. The van der Waals surface area contributed by atoms with Crippen LogP contribution in [-0.2, 0) is 9.53 Å². The van der Waals surface area contributed by atoms with E-state index >= 15 is 0 Å². The average molecular weight is 296 g/mol. The normalized spacial score (nSPS) is 22.9. The van der Waals surface area contributed by atoms with Gasteiger partial charge in [0.1, 0.15) is 5.54 Å². The van der Waals surface area contributed by atoms with Crippen molar-refractivity contribution in [3.8, 4) is 0 Å². The molecule has 2 rings (SSSR count). The van der Waals surface area contributed by atoms with Crippen molar-refractivity contribution in [3.05, 3.63) is 0 Å². The highest BCUT2D eigenvalue weighted by atomic mass is 16.5. The minimum absolute atomic E-state index is 0.0915. The number of rotatable bonds is 10. The molecule has 0 heterocycles. The first kappa shape index (κ1) is 16.8. The molecule has 4 nitrogen and oxygen atoms in total. The zero-order valence-electron chi connectivity index (χ0n) is 14.2. The minimum atomic E-state index is -0.548. The summed E-state index contributed by atoms with van der Waals surface area (Å²) < 4.78 is 5.32. The van der Waals surface area contributed by atoms with E-state index in [0.29, 0.717) is 18.7 Å². The molecule has 0 amide bonds. The van der Waals surface area contributed by atoms with Gasteiger partial charge in [-0.1, -0.05) is 6.92 Å². The first-order chi connectivity index (χ1) is 9.98. The third kappa shape index (κ3) is 4.96. The molecule has 2 saturated carbocycles. The van der Waals surface area contributed by atoms with Crippen molar-refractivity contribution in [2.45, 2.75) is 77.4 Å². The van der Waals surface area contributed by atoms with Crippen LogP contribution in [0.4, 0.5) is 0 Å². The molecule has 2 fully saturated rings. The Morgan fingerprint density at radius 3 is 2.48 bits per heavy atom. The van der Waals surface area contributed by atoms with Gasteiger partial charge >= 0.3 is 5.97 Å². The maximum absolute atomic E-state index is 12.4. The molecule has 1 N–H and O–H groups in total. The van der Waals surface area contributed by atoms with E-state index in [9.17, 15) is 4.79 Å². The van der Waals surface area contributed by atoms with Gasteiger partial charge in [0.2, 0.25) is 0 Å². The van der Waals surface area contributed by atoms with Gasteiger partial charge in [0.15, 0.2) is 0 Å². The first-order valence-corrected chi connectivity index (χ1v) is 8.67. The molecule has 2 unspecified atom stereocenters. The van der Waals surface area contributed by atoms with E-state index in [0.717, 1.165) is 18.9 Å². The highest BCUT2D eigenvalue weighted by molar-refractivity contribution is 5.80. The zero-order valence-corrected chi connectivity index (χ0v) is 14.2. The van der Waals surface area contributed by atoms with E-state index in [1.807, 2.05) is 13.8 Å². The number of carbonyl (C=O) groups excluding carboxylic acids is 1. The molecule has 0 aromatic heterocycles. The van der Waals surface area contributed by atoms with Gasteiger partial charge in [-0.3, -0.25) is 10.1 Å². The fraction of sp³-hybridized carbons (Fsp3) is 0.941. The molecule has 0 aromatic rings. The van der Waals surface area contributed by atoms with Crippen molar-refractivity contribution in [2.24, 2.45) is 5.92 Å². The predicted octanol–water partition coefficient (Wildman–Crippen LogP) is 2.57. The van der Waals surface area contributed by atoms with Crippen LogP contribution in [0.2, 0.25) is 0 Å². The summed E-state index contributed by atoms with van der Waals surface area (Å²) in [6.45, 7) is 11.1. The van der Waals surface area contributed by atoms with E-state index < -0.39 is 5.54 Å².